The number of nitrogens with zero attached hydrogens (tertiary/aromatic N) is 3. The molecule has 2 fully saturated rings. The Morgan fingerprint density at radius 3 is 3.00 bits per heavy atom. The molecule has 2 aromatic rings. The Morgan fingerprint density at radius 1 is 1.32 bits per heavy atom. The molecule has 1 unspecified atom stereocenters. The first-order valence-electron chi connectivity index (χ1n) is 8.97. The normalized spacial score (nSPS) is 24.0. The summed E-state index contributed by atoms with van der Waals surface area (Å²) in [5.41, 5.74) is 1.92. The maximum Gasteiger partial charge on any atom is 0.321 e. The van der Waals surface area contributed by atoms with Crippen molar-refractivity contribution in [3.63, 3.8) is 0 Å². The van der Waals surface area contributed by atoms with Gasteiger partial charge in [0.2, 0.25) is 0 Å². The van der Waals surface area contributed by atoms with Crippen molar-refractivity contribution in [2.24, 2.45) is 5.92 Å². The highest BCUT2D eigenvalue weighted by Crippen LogP contribution is 2.29. The molecule has 1 N–H and O–H groups in total. The highest BCUT2D eigenvalue weighted by molar-refractivity contribution is 5.89. The topological polar surface area (TPSA) is 59.4 Å². The van der Waals surface area contributed by atoms with Gasteiger partial charge in [0.1, 0.15) is 0 Å². The second kappa shape index (κ2) is 6.88. The quantitative estimate of drug-likeness (QED) is 0.934. The number of ether oxygens (including phenoxy) is 1. The van der Waals surface area contributed by atoms with Gasteiger partial charge < -0.3 is 15.0 Å². The standard InChI is InChI=1S/C19H24N4O2/c1-14(15-5-3-2-4-6-15)23-13-17(11-20-23)21-19(24)22-9-7-18-16(12-22)8-10-25-18/h2-6,11,13-14,16,18H,7-10,12H2,1H3,(H,21,24)/t14?,16-,18+/m1/s1. The number of nitrogens with one attached hydrogen (secondary N) is 1. The van der Waals surface area contributed by atoms with E-state index in [0.29, 0.717) is 12.0 Å². The number of aromatic nitrogens is 2. The number of amides is 2. The Labute approximate surface area is 147 Å². The average Bonchev–Trinajstić information content (AvgIpc) is 3.30. The molecule has 2 aliphatic rings. The summed E-state index contributed by atoms with van der Waals surface area (Å²) in [4.78, 5) is 14.4. The van der Waals surface area contributed by atoms with Crippen molar-refractivity contribution in [3.8, 4) is 0 Å². The van der Waals surface area contributed by atoms with Crippen LogP contribution in [0.1, 0.15) is 31.4 Å². The van der Waals surface area contributed by atoms with Gasteiger partial charge in [-0.25, -0.2) is 4.79 Å². The van der Waals surface area contributed by atoms with Gasteiger partial charge in [-0.15, -0.1) is 0 Å². The first-order valence-corrected chi connectivity index (χ1v) is 8.97. The lowest BCUT2D eigenvalue weighted by atomic mass is 9.94. The van der Waals surface area contributed by atoms with Crippen LogP contribution in [0, 0.1) is 5.92 Å². The van der Waals surface area contributed by atoms with Gasteiger partial charge in [-0.2, -0.15) is 5.10 Å². The summed E-state index contributed by atoms with van der Waals surface area (Å²) in [5, 5.41) is 7.39. The van der Waals surface area contributed by atoms with Crippen molar-refractivity contribution >= 4 is 11.7 Å². The summed E-state index contributed by atoms with van der Waals surface area (Å²) in [7, 11) is 0. The third-order valence-electron chi connectivity index (χ3n) is 5.30. The zero-order valence-electron chi connectivity index (χ0n) is 14.5. The molecule has 0 spiro atoms. The molecule has 0 saturated carbocycles. The van der Waals surface area contributed by atoms with Gasteiger partial charge in [-0.05, 0) is 25.3 Å². The summed E-state index contributed by atoms with van der Waals surface area (Å²) in [5.74, 6) is 0.486. The molecule has 3 atom stereocenters. The molecular formula is C19H24N4O2. The lowest BCUT2D eigenvalue weighted by Gasteiger charge is -2.33. The molecule has 2 saturated heterocycles. The van der Waals surface area contributed by atoms with Crippen LogP contribution in [0.3, 0.4) is 0 Å². The minimum absolute atomic E-state index is 0.0442. The van der Waals surface area contributed by atoms with Gasteiger partial charge in [0, 0.05) is 31.8 Å². The van der Waals surface area contributed by atoms with Crippen molar-refractivity contribution in [2.75, 3.05) is 25.0 Å². The van der Waals surface area contributed by atoms with E-state index in [1.165, 1.54) is 5.56 Å². The number of urea groups is 1. The molecule has 1 aromatic heterocycles. The van der Waals surface area contributed by atoms with Crippen molar-refractivity contribution in [1.29, 1.82) is 0 Å². The molecule has 0 aliphatic carbocycles. The number of hydrogen-bond acceptors (Lipinski definition) is 3. The van der Waals surface area contributed by atoms with Crippen molar-refractivity contribution in [3.05, 3.63) is 48.3 Å². The summed E-state index contributed by atoms with van der Waals surface area (Å²) < 4.78 is 7.58. The Kier molecular flexibility index (Phi) is 4.44. The molecule has 25 heavy (non-hydrogen) atoms. The molecule has 4 rings (SSSR count). The van der Waals surface area contributed by atoms with Crippen LogP contribution in [0.25, 0.3) is 0 Å². The van der Waals surface area contributed by atoms with Crippen molar-refractivity contribution in [2.45, 2.75) is 31.9 Å². The number of carbonyl (C=O) groups excluding carboxylic acids is 1. The Balaban J connectivity index is 1.38. The van der Waals surface area contributed by atoms with Crippen molar-refractivity contribution < 1.29 is 9.53 Å². The molecule has 3 heterocycles. The largest absolute Gasteiger partial charge is 0.378 e. The third-order valence-corrected chi connectivity index (χ3v) is 5.30. The average molecular weight is 340 g/mol. The van der Waals surface area contributed by atoms with Crippen LogP contribution in [0.5, 0.6) is 0 Å². The zero-order valence-corrected chi connectivity index (χ0v) is 14.5. The van der Waals surface area contributed by atoms with Crippen LogP contribution < -0.4 is 5.32 Å². The molecule has 2 amide bonds. The summed E-state index contributed by atoms with van der Waals surface area (Å²) in [6, 6.07) is 10.3. The Hall–Kier alpha value is -2.34. The number of anilines is 1. The van der Waals surface area contributed by atoms with Crippen LogP contribution in [-0.2, 0) is 4.74 Å². The lowest BCUT2D eigenvalue weighted by molar-refractivity contribution is 0.0469. The van der Waals surface area contributed by atoms with Gasteiger partial charge in [0.05, 0.1) is 24.0 Å². The minimum atomic E-state index is -0.0442. The van der Waals surface area contributed by atoms with Crippen LogP contribution in [0.4, 0.5) is 10.5 Å². The number of rotatable bonds is 3. The third kappa shape index (κ3) is 3.39. The number of fused-ring (bicyclic) bond motifs is 1. The molecule has 1 aromatic carbocycles. The fraction of sp³-hybridized carbons (Fsp3) is 0.474. The number of piperidine rings is 1. The minimum Gasteiger partial charge on any atom is -0.378 e. The number of benzene rings is 1. The Bertz CT molecular complexity index is 730. The summed E-state index contributed by atoms with van der Waals surface area (Å²) in [6.07, 6.45) is 5.94. The fourth-order valence-electron chi connectivity index (χ4n) is 3.76. The monoisotopic (exact) mass is 340 g/mol. The van der Waals surface area contributed by atoms with E-state index in [-0.39, 0.29) is 12.1 Å². The van der Waals surface area contributed by atoms with E-state index in [9.17, 15) is 4.79 Å². The van der Waals surface area contributed by atoms with E-state index < -0.39 is 0 Å². The van der Waals surface area contributed by atoms with Gasteiger partial charge in [-0.3, -0.25) is 4.68 Å². The second-order valence-corrected chi connectivity index (χ2v) is 6.92. The van der Waals surface area contributed by atoms with E-state index >= 15 is 0 Å². The lowest BCUT2D eigenvalue weighted by Crippen LogP contribution is -2.46. The van der Waals surface area contributed by atoms with E-state index in [2.05, 4.69) is 29.5 Å². The highest BCUT2D eigenvalue weighted by atomic mass is 16.5. The summed E-state index contributed by atoms with van der Waals surface area (Å²) >= 11 is 0. The highest BCUT2D eigenvalue weighted by Gasteiger charge is 2.35. The first kappa shape index (κ1) is 16.1. The number of likely N-dealkylation sites (tertiary alicyclic amines) is 1. The molecule has 0 radical (unpaired) electrons. The van der Waals surface area contributed by atoms with E-state index in [4.69, 9.17) is 4.74 Å². The molecule has 6 heteroatoms. The van der Waals surface area contributed by atoms with Crippen LogP contribution >= 0.6 is 0 Å². The predicted molar refractivity (Wildman–Crippen MR) is 95.5 cm³/mol. The molecule has 132 valence electrons. The van der Waals surface area contributed by atoms with Gasteiger partial charge in [0.25, 0.3) is 0 Å². The maximum absolute atomic E-state index is 12.5. The van der Waals surface area contributed by atoms with Gasteiger partial charge >= 0.3 is 6.03 Å². The van der Waals surface area contributed by atoms with Crippen LogP contribution in [0.2, 0.25) is 0 Å². The van der Waals surface area contributed by atoms with Crippen LogP contribution in [0.15, 0.2) is 42.7 Å². The second-order valence-electron chi connectivity index (χ2n) is 6.92. The van der Waals surface area contributed by atoms with Crippen LogP contribution in [-0.4, -0.2) is 46.5 Å². The smallest absolute Gasteiger partial charge is 0.321 e. The predicted octanol–water partition coefficient (Wildman–Crippen LogP) is 3.14. The SMILES string of the molecule is CC(c1ccccc1)n1cc(NC(=O)N2CC[C@@H]3OCC[C@@H]3C2)cn1. The Morgan fingerprint density at radius 2 is 2.16 bits per heavy atom. The zero-order chi connectivity index (χ0) is 17.2. The number of carbonyl (C=O) groups is 1. The van der Waals surface area contributed by atoms with Gasteiger partial charge in [0.15, 0.2) is 0 Å². The fourth-order valence-corrected chi connectivity index (χ4v) is 3.76. The molecule has 6 nitrogen and oxygen atoms in total. The van der Waals surface area contributed by atoms with E-state index in [1.54, 1.807) is 6.20 Å². The van der Waals surface area contributed by atoms with Crippen molar-refractivity contribution in [1.82, 2.24) is 14.7 Å². The van der Waals surface area contributed by atoms with Gasteiger partial charge in [-0.1, -0.05) is 30.3 Å². The molecule has 2 aliphatic heterocycles. The molecule has 0 bridgehead atoms. The van der Waals surface area contributed by atoms with E-state index in [0.717, 1.165) is 38.2 Å². The first-order chi connectivity index (χ1) is 12.2. The maximum atomic E-state index is 12.5. The van der Waals surface area contributed by atoms with E-state index in [1.807, 2.05) is 34.0 Å². The summed E-state index contributed by atoms with van der Waals surface area (Å²) in [6.45, 7) is 4.46. The number of hydrogen-bond donors (Lipinski definition) is 1. The molecular weight excluding hydrogens is 316 g/mol.